The van der Waals surface area contributed by atoms with E-state index in [1.165, 1.54) is 11.0 Å². The number of nitrogens with zero attached hydrogens (tertiary/aromatic N) is 4. The molecule has 1 saturated heterocycles. The van der Waals surface area contributed by atoms with E-state index >= 15 is 0 Å². The summed E-state index contributed by atoms with van der Waals surface area (Å²) in [7, 11) is 1.69. The molecular weight excluding hydrogens is 245 g/mol. The Labute approximate surface area is 105 Å². The third-order valence-electron chi connectivity index (χ3n) is 2.88. The molecule has 1 aromatic rings. The zero-order chi connectivity index (χ0) is 13.9. The second-order valence-electron chi connectivity index (χ2n) is 4.19. The van der Waals surface area contributed by atoms with Crippen LogP contribution >= 0.6 is 0 Å². The third-order valence-corrected chi connectivity index (χ3v) is 2.88. The van der Waals surface area contributed by atoms with E-state index in [0.29, 0.717) is 5.95 Å². The topological polar surface area (TPSA) is 34.0 Å². The first-order valence-electron chi connectivity index (χ1n) is 6.07. The summed E-state index contributed by atoms with van der Waals surface area (Å²) in [6.07, 6.45) is -2.53. The highest BCUT2D eigenvalue weighted by atomic mass is 19.4. The highest BCUT2D eigenvalue weighted by molar-refractivity contribution is 5.32. The van der Waals surface area contributed by atoms with Crippen molar-refractivity contribution in [2.75, 3.05) is 11.4 Å². The number of hydrogen-bond donors (Lipinski definition) is 0. The highest BCUT2D eigenvalue weighted by Gasteiger charge is 2.46. The number of alkyl halides is 3. The van der Waals surface area contributed by atoms with Crippen LogP contribution in [0.4, 0.5) is 19.1 Å². The first kappa shape index (κ1) is 14.8. The second kappa shape index (κ2) is 5.58. The lowest BCUT2D eigenvalue weighted by Gasteiger charge is -2.19. The molecule has 0 amide bonds. The van der Waals surface area contributed by atoms with Gasteiger partial charge in [0.2, 0.25) is 5.95 Å². The van der Waals surface area contributed by atoms with Crippen LogP contribution in [0.3, 0.4) is 0 Å². The Kier molecular flexibility index (Phi) is 4.59. The molecule has 0 N–H and O–H groups in total. The lowest BCUT2D eigenvalue weighted by atomic mass is 10.1. The minimum Gasteiger partial charge on any atom is -0.336 e. The fourth-order valence-electron chi connectivity index (χ4n) is 2.01. The van der Waals surface area contributed by atoms with Crippen molar-refractivity contribution in [3.8, 4) is 0 Å². The maximum atomic E-state index is 12.6. The van der Waals surface area contributed by atoms with Crippen molar-refractivity contribution < 1.29 is 13.2 Å². The van der Waals surface area contributed by atoms with Gasteiger partial charge >= 0.3 is 6.18 Å². The van der Waals surface area contributed by atoms with E-state index in [-0.39, 0.29) is 19.0 Å². The second-order valence-corrected chi connectivity index (χ2v) is 4.19. The molecular formula is C11H19F3N4. The normalized spacial score (nSPS) is 23.8. The molecule has 7 heteroatoms. The minimum absolute atomic E-state index is 0.0469. The fourth-order valence-corrected chi connectivity index (χ4v) is 2.01. The van der Waals surface area contributed by atoms with Crippen molar-refractivity contribution in [1.29, 1.82) is 0 Å². The summed E-state index contributed by atoms with van der Waals surface area (Å²) in [4.78, 5) is 5.58. The quantitative estimate of drug-likeness (QED) is 0.782. The fraction of sp³-hybridized carbons (Fsp3) is 0.818. The zero-order valence-corrected chi connectivity index (χ0v) is 11.1. The Morgan fingerprint density at radius 2 is 1.94 bits per heavy atom. The van der Waals surface area contributed by atoms with Gasteiger partial charge in [-0.15, -0.1) is 5.10 Å². The summed E-state index contributed by atoms with van der Waals surface area (Å²) in [5.41, 5.74) is 0. The van der Waals surface area contributed by atoms with Gasteiger partial charge in [0.15, 0.2) is 0 Å². The van der Waals surface area contributed by atoms with Gasteiger partial charge in [0, 0.05) is 19.6 Å². The van der Waals surface area contributed by atoms with Gasteiger partial charge in [-0.05, 0) is 13.3 Å². The molecule has 4 nitrogen and oxygen atoms in total. The van der Waals surface area contributed by atoms with E-state index in [1.54, 1.807) is 18.9 Å². The van der Waals surface area contributed by atoms with Crippen LogP contribution in [-0.2, 0) is 7.05 Å². The SMILES string of the molecule is CC.CC1CC(C(F)(F)F)CN1c1ncn(C)n1. The average molecular weight is 264 g/mol. The molecule has 0 aromatic carbocycles. The van der Waals surface area contributed by atoms with Gasteiger partial charge in [0.25, 0.3) is 0 Å². The number of aryl methyl sites for hydroxylation is 1. The molecule has 18 heavy (non-hydrogen) atoms. The average Bonchev–Trinajstić information content (AvgIpc) is 2.86. The van der Waals surface area contributed by atoms with Crippen molar-refractivity contribution in [3.05, 3.63) is 6.33 Å². The van der Waals surface area contributed by atoms with Gasteiger partial charge in [-0.2, -0.15) is 13.2 Å². The number of hydrogen-bond acceptors (Lipinski definition) is 3. The smallest absolute Gasteiger partial charge is 0.336 e. The monoisotopic (exact) mass is 264 g/mol. The molecule has 2 atom stereocenters. The summed E-state index contributed by atoms with van der Waals surface area (Å²) in [5, 5.41) is 4.02. The van der Waals surface area contributed by atoms with E-state index in [4.69, 9.17) is 0 Å². The minimum atomic E-state index is -4.13. The number of rotatable bonds is 1. The first-order chi connectivity index (χ1) is 8.38. The Morgan fingerprint density at radius 1 is 1.33 bits per heavy atom. The van der Waals surface area contributed by atoms with E-state index in [9.17, 15) is 13.2 Å². The molecule has 2 rings (SSSR count). The van der Waals surface area contributed by atoms with Crippen molar-refractivity contribution in [2.24, 2.45) is 13.0 Å². The van der Waals surface area contributed by atoms with Crippen molar-refractivity contribution in [3.63, 3.8) is 0 Å². The van der Waals surface area contributed by atoms with Crippen molar-refractivity contribution in [1.82, 2.24) is 14.8 Å². The van der Waals surface area contributed by atoms with E-state index in [0.717, 1.165) is 0 Å². The molecule has 1 aliphatic rings. The van der Waals surface area contributed by atoms with Crippen LogP contribution in [0.5, 0.6) is 0 Å². The molecule has 2 unspecified atom stereocenters. The third kappa shape index (κ3) is 3.14. The summed E-state index contributed by atoms with van der Waals surface area (Å²) in [6.45, 7) is 5.72. The maximum Gasteiger partial charge on any atom is 0.393 e. The van der Waals surface area contributed by atoms with Gasteiger partial charge in [-0.25, -0.2) is 4.98 Å². The summed E-state index contributed by atoms with van der Waals surface area (Å²) < 4.78 is 39.2. The van der Waals surface area contributed by atoms with Crippen LogP contribution in [-0.4, -0.2) is 33.5 Å². The van der Waals surface area contributed by atoms with Gasteiger partial charge in [-0.3, -0.25) is 4.68 Å². The molecule has 0 radical (unpaired) electrons. The lowest BCUT2D eigenvalue weighted by Crippen LogP contribution is -2.30. The van der Waals surface area contributed by atoms with Crippen LogP contribution in [0.15, 0.2) is 6.33 Å². The highest BCUT2D eigenvalue weighted by Crippen LogP contribution is 2.37. The molecule has 2 heterocycles. The summed E-state index contributed by atoms with van der Waals surface area (Å²) in [5.74, 6) is -0.895. The maximum absolute atomic E-state index is 12.6. The largest absolute Gasteiger partial charge is 0.393 e. The molecule has 1 fully saturated rings. The Balaban J connectivity index is 0.000000771. The van der Waals surface area contributed by atoms with Crippen LogP contribution in [0.2, 0.25) is 0 Å². The van der Waals surface area contributed by atoms with Crippen LogP contribution in [0.25, 0.3) is 0 Å². The molecule has 0 aliphatic carbocycles. The predicted molar refractivity (Wildman–Crippen MR) is 63.3 cm³/mol. The van der Waals surface area contributed by atoms with Gasteiger partial charge in [0.05, 0.1) is 5.92 Å². The van der Waals surface area contributed by atoms with Crippen molar-refractivity contribution >= 4 is 5.95 Å². The van der Waals surface area contributed by atoms with Crippen LogP contribution < -0.4 is 4.90 Å². The number of halogens is 3. The summed E-state index contributed by atoms with van der Waals surface area (Å²) >= 11 is 0. The van der Waals surface area contributed by atoms with Crippen LogP contribution in [0, 0.1) is 5.92 Å². The Bertz CT molecular complexity index is 375. The molecule has 0 saturated carbocycles. The number of aromatic nitrogens is 3. The predicted octanol–water partition coefficient (Wildman–Crippen LogP) is 2.62. The van der Waals surface area contributed by atoms with Gasteiger partial charge in [-0.1, -0.05) is 13.8 Å². The Morgan fingerprint density at radius 3 is 2.33 bits per heavy atom. The lowest BCUT2D eigenvalue weighted by molar-refractivity contribution is -0.168. The first-order valence-corrected chi connectivity index (χ1v) is 6.07. The zero-order valence-electron chi connectivity index (χ0n) is 11.1. The van der Waals surface area contributed by atoms with E-state index in [2.05, 4.69) is 10.1 Å². The van der Waals surface area contributed by atoms with Gasteiger partial charge in [0.1, 0.15) is 6.33 Å². The van der Waals surface area contributed by atoms with Crippen LogP contribution in [0.1, 0.15) is 27.2 Å². The van der Waals surface area contributed by atoms with E-state index in [1.807, 2.05) is 13.8 Å². The van der Waals surface area contributed by atoms with Gasteiger partial charge < -0.3 is 4.90 Å². The molecule has 0 bridgehead atoms. The molecule has 0 spiro atoms. The Hall–Kier alpha value is -1.27. The standard InChI is InChI=1S/C9H13F3N4.C2H6/c1-6-3-7(9(10,11)12)4-16(6)8-13-5-15(2)14-8;1-2/h5-7H,3-4H2,1-2H3;1-2H3. The molecule has 1 aliphatic heterocycles. The number of anilines is 1. The molecule has 104 valence electrons. The van der Waals surface area contributed by atoms with E-state index < -0.39 is 12.1 Å². The van der Waals surface area contributed by atoms with Crippen molar-refractivity contribution in [2.45, 2.75) is 39.4 Å². The molecule has 1 aromatic heterocycles. The summed E-state index contributed by atoms with van der Waals surface area (Å²) in [6, 6.07) is -0.172.